The monoisotopic (exact) mass is 322 g/mol. The van der Waals surface area contributed by atoms with Gasteiger partial charge in [-0.1, -0.05) is 0 Å². The maximum absolute atomic E-state index is 12.8. The lowest BCUT2D eigenvalue weighted by molar-refractivity contribution is -0.137. The molecule has 1 heterocycles. The van der Waals surface area contributed by atoms with Crippen LogP contribution in [0.15, 0.2) is 30.6 Å². The lowest BCUT2D eigenvalue weighted by atomic mass is 10.00. The van der Waals surface area contributed by atoms with Crippen LogP contribution in [0.3, 0.4) is 0 Å². The topological polar surface area (TPSA) is 61.9 Å². The fraction of sp³-hybridized carbons (Fsp3) is 0.267. The second-order valence-corrected chi connectivity index (χ2v) is 5.08. The number of carbonyl (C=O) groups is 1. The van der Waals surface area contributed by atoms with Gasteiger partial charge in [0, 0.05) is 31.4 Å². The Labute approximate surface area is 130 Å². The number of aromatic nitrogens is 2. The molecule has 0 unspecified atom stereocenters. The third kappa shape index (κ3) is 3.69. The van der Waals surface area contributed by atoms with Crippen LogP contribution in [-0.2, 0) is 17.5 Å². The van der Waals surface area contributed by atoms with Crippen molar-refractivity contribution in [1.82, 2.24) is 14.7 Å². The van der Waals surface area contributed by atoms with Crippen LogP contribution in [0.5, 0.6) is 0 Å². The number of nitriles is 1. The number of likely N-dealkylation sites (N-methyl/N-ethyl adjacent to an activating group) is 1. The van der Waals surface area contributed by atoms with Gasteiger partial charge in [0.05, 0.1) is 23.4 Å². The molecule has 0 radical (unpaired) electrons. The van der Waals surface area contributed by atoms with Gasteiger partial charge < -0.3 is 4.90 Å². The first-order valence-corrected chi connectivity index (χ1v) is 6.56. The highest BCUT2D eigenvalue weighted by atomic mass is 19.4. The SMILES string of the molecule is CN(C)C(=O)Cn1cc(-c2cc(C(F)(F)F)ccc2C#N)cn1. The molecule has 2 rings (SSSR count). The Kier molecular flexibility index (Phi) is 4.40. The normalized spacial score (nSPS) is 11.1. The molecule has 0 atom stereocenters. The maximum Gasteiger partial charge on any atom is 0.416 e. The van der Waals surface area contributed by atoms with E-state index in [1.54, 1.807) is 14.1 Å². The summed E-state index contributed by atoms with van der Waals surface area (Å²) in [5, 5.41) is 13.0. The molecule has 2 aromatic rings. The number of rotatable bonds is 3. The third-order valence-electron chi connectivity index (χ3n) is 3.21. The van der Waals surface area contributed by atoms with Gasteiger partial charge in [0.1, 0.15) is 6.54 Å². The molecular formula is C15H13F3N4O. The van der Waals surface area contributed by atoms with E-state index in [1.165, 1.54) is 22.0 Å². The average molecular weight is 322 g/mol. The summed E-state index contributed by atoms with van der Waals surface area (Å²) in [7, 11) is 3.18. The van der Waals surface area contributed by atoms with Gasteiger partial charge in [-0.25, -0.2) is 0 Å². The molecule has 0 aliphatic heterocycles. The van der Waals surface area contributed by atoms with Crippen LogP contribution >= 0.6 is 0 Å². The molecule has 120 valence electrons. The van der Waals surface area contributed by atoms with E-state index >= 15 is 0 Å². The number of carbonyl (C=O) groups excluding carboxylic acids is 1. The van der Waals surface area contributed by atoms with Gasteiger partial charge in [-0.2, -0.15) is 23.5 Å². The highest BCUT2D eigenvalue weighted by molar-refractivity contribution is 5.76. The number of halogens is 3. The van der Waals surface area contributed by atoms with Gasteiger partial charge in [-0.3, -0.25) is 9.48 Å². The fourth-order valence-corrected chi connectivity index (χ4v) is 1.93. The van der Waals surface area contributed by atoms with Crippen LogP contribution < -0.4 is 0 Å². The highest BCUT2D eigenvalue weighted by Crippen LogP contribution is 2.33. The molecule has 8 heteroatoms. The molecular weight excluding hydrogens is 309 g/mol. The molecule has 1 amide bonds. The first kappa shape index (κ1) is 16.5. The van der Waals surface area contributed by atoms with E-state index in [4.69, 9.17) is 5.26 Å². The first-order valence-electron chi connectivity index (χ1n) is 6.56. The Hall–Kier alpha value is -2.82. The van der Waals surface area contributed by atoms with Crippen molar-refractivity contribution in [2.45, 2.75) is 12.7 Å². The van der Waals surface area contributed by atoms with Crippen molar-refractivity contribution in [3.05, 3.63) is 41.7 Å². The number of hydrogen-bond donors (Lipinski definition) is 0. The molecule has 0 aliphatic rings. The fourth-order valence-electron chi connectivity index (χ4n) is 1.93. The Morgan fingerprint density at radius 1 is 1.39 bits per heavy atom. The van der Waals surface area contributed by atoms with Crippen LogP contribution in [-0.4, -0.2) is 34.7 Å². The van der Waals surface area contributed by atoms with Gasteiger partial charge in [-0.15, -0.1) is 0 Å². The van der Waals surface area contributed by atoms with E-state index in [-0.39, 0.29) is 23.6 Å². The van der Waals surface area contributed by atoms with E-state index in [2.05, 4.69) is 5.10 Å². The molecule has 5 nitrogen and oxygen atoms in total. The van der Waals surface area contributed by atoms with Crippen LogP contribution in [0, 0.1) is 11.3 Å². The maximum atomic E-state index is 12.8. The van der Waals surface area contributed by atoms with Crippen molar-refractivity contribution in [2.24, 2.45) is 0 Å². The minimum absolute atomic E-state index is 0.0339. The van der Waals surface area contributed by atoms with Gasteiger partial charge in [-0.05, 0) is 18.2 Å². The molecule has 0 saturated carbocycles. The second-order valence-electron chi connectivity index (χ2n) is 5.08. The molecule has 1 aromatic carbocycles. The number of nitrogens with zero attached hydrogens (tertiary/aromatic N) is 4. The standard InChI is InChI=1S/C15H13F3N4O/c1-21(2)14(23)9-22-8-11(7-20-22)13-5-12(15(16,17)18)4-3-10(13)6-19/h3-5,7-8H,9H2,1-2H3. The summed E-state index contributed by atoms with van der Waals surface area (Å²) < 4.78 is 39.8. The van der Waals surface area contributed by atoms with Gasteiger partial charge in [0.25, 0.3) is 0 Å². The van der Waals surface area contributed by atoms with Crippen LogP contribution in [0.2, 0.25) is 0 Å². The summed E-state index contributed by atoms with van der Waals surface area (Å²) >= 11 is 0. The summed E-state index contributed by atoms with van der Waals surface area (Å²) in [6.07, 6.45) is -1.73. The van der Waals surface area contributed by atoms with Gasteiger partial charge in [0.15, 0.2) is 0 Å². The van der Waals surface area contributed by atoms with E-state index in [0.717, 1.165) is 18.2 Å². The summed E-state index contributed by atoms with van der Waals surface area (Å²) in [6, 6.07) is 4.76. The average Bonchev–Trinajstić information content (AvgIpc) is 2.93. The molecule has 0 aliphatic carbocycles. The van der Waals surface area contributed by atoms with Crippen molar-refractivity contribution in [3.8, 4) is 17.2 Å². The molecule has 0 N–H and O–H groups in total. The Morgan fingerprint density at radius 3 is 2.65 bits per heavy atom. The molecule has 0 fully saturated rings. The molecule has 23 heavy (non-hydrogen) atoms. The number of hydrogen-bond acceptors (Lipinski definition) is 3. The zero-order valence-electron chi connectivity index (χ0n) is 12.4. The lowest BCUT2D eigenvalue weighted by Gasteiger charge is -2.10. The predicted molar refractivity (Wildman–Crippen MR) is 76.1 cm³/mol. The smallest absolute Gasteiger partial charge is 0.347 e. The van der Waals surface area contributed by atoms with E-state index in [9.17, 15) is 18.0 Å². The van der Waals surface area contributed by atoms with Crippen molar-refractivity contribution >= 4 is 5.91 Å². The lowest BCUT2D eigenvalue weighted by Crippen LogP contribution is -2.26. The van der Waals surface area contributed by atoms with Crippen molar-refractivity contribution in [1.29, 1.82) is 5.26 Å². The van der Waals surface area contributed by atoms with Crippen LogP contribution in [0.25, 0.3) is 11.1 Å². The van der Waals surface area contributed by atoms with E-state index in [1.807, 2.05) is 6.07 Å². The molecule has 0 bridgehead atoms. The van der Waals surface area contributed by atoms with Crippen molar-refractivity contribution in [3.63, 3.8) is 0 Å². The molecule has 0 spiro atoms. The number of alkyl halides is 3. The van der Waals surface area contributed by atoms with E-state index in [0.29, 0.717) is 5.56 Å². The van der Waals surface area contributed by atoms with E-state index < -0.39 is 11.7 Å². The van der Waals surface area contributed by atoms with Crippen molar-refractivity contribution < 1.29 is 18.0 Å². The minimum Gasteiger partial charge on any atom is -0.347 e. The Morgan fingerprint density at radius 2 is 2.09 bits per heavy atom. The van der Waals surface area contributed by atoms with Crippen LogP contribution in [0.4, 0.5) is 13.2 Å². The Bertz CT molecular complexity index is 772. The van der Waals surface area contributed by atoms with Crippen LogP contribution in [0.1, 0.15) is 11.1 Å². The largest absolute Gasteiger partial charge is 0.416 e. The second kappa shape index (κ2) is 6.12. The summed E-state index contributed by atoms with van der Waals surface area (Å²) in [5.41, 5.74) is -0.259. The van der Waals surface area contributed by atoms with Gasteiger partial charge >= 0.3 is 6.18 Å². The number of benzene rings is 1. The highest BCUT2D eigenvalue weighted by Gasteiger charge is 2.31. The zero-order valence-corrected chi connectivity index (χ0v) is 12.4. The Balaban J connectivity index is 2.40. The quantitative estimate of drug-likeness (QED) is 0.872. The van der Waals surface area contributed by atoms with Gasteiger partial charge in [0.2, 0.25) is 5.91 Å². The first-order chi connectivity index (χ1) is 10.7. The summed E-state index contributed by atoms with van der Waals surface area (Å²) in [6.45, 7) is -0.0339. The summed E-state index contributed by atoms with van der Waals surface area (Å²) in [4.78, 5) is 13.0. The van der Waals surface area contributed by atoms with Crippen molar-refractivity contribution in [2.75, 3.05) is 14.1 Å². The summed E-state index contributed by atoms with van der Waals surface area (Å²) in [5.74, 6) is -0.204. The molecule has 0 saturated heterocycles. The predicted octanol–water partition coefficient (Wildman–Crippen LogP) is 2.53. The number of amides is 1. The third-order valence-corrected chi connectivity index (χ3v) is 3.21. The zero-order chi connectivity index (χ0) is 17.2. The minimum atomic E-state index is -4.50. The molecule has 1 aromatic heterocycles.